The third kappa shape index (κ3) is 3.95. The van der Waals surface area contributed by atoms with Crippen LogP contribution in [0.3, 0.4) is 0 Å². The third-order valence-electron chi connectivity index (χ3n) is 7.72. The van der Waals surface area contributed by atoms with E-state index in [-0.39, 0.29) is 22.7 Å². The number of carbonyl (C=O) groups is 1. The standard InChI is InChI=1S/C30H27N5O3S/c1-2-38-30(37)23-19-12-6-9-15-22(19)39-29(23)35-17-31-26-24(28(35)36)25-27(33-21-14-8-7-13-20(21)32-25)34(26)16-18-10-4-3-5-11-18/h3-5,7-8,10-11,13-14,17,19,22H,2,6,9,12,15-16H2,1H3. The van der Waals surface area contributed by atoms with E-state index in [4.69, 9.17) is 19.7 Å². The molecule has 4 heterocycles. The fraction of sp³-hybridized carbons (Fsp3) is 0.300. The van der Waals surface area contributed by atoms with E-state index in [1.807, 2.05) is 66.1 Å². The molecule has 5 aromatic rings. The van der Waals surface area contributed by atoms with Gasteiger partial charge in [-0.3, -0.25) is 9.36 Å². The molecule has 1 saturated carbocycles. The van der Waals surface area contributed by atoms with Crippen molar-refractivity contribution in [1.29, 1.82) is 0 Å². The number of carbonyl (C=O) groups excluding carboxylic acids is 1. The molecule has 39 heavy (non-hydrogen) atoms. The Morgan fingerprint density at radius 1 is 1.00 bits per heavy atom. The van der Waals surface area contributed by atoms with Crippen molar-refractivity contribution in [1.82, 2.24) is 24.1 Å². The summed E-state index contributed by atoms with van der Waals surface area (Å²) in [5.41, 5.74) is 4.57. The Morgan fingerprint density at radius 3 is 2.54 bits per heavy atom. The maximum Gasteiger partial charge on any atom is 0.337 e. The first kappa shape index (κ1) is 24.1. The number of thioether (sulfide) groups is 1. The number of esters is 1. The predicted molar refractivity (Wildman–Crippen MR) is 153 cm³/mol. The van der Waals surface area contributed by atoms with E-state index < -0.39 is 0 Å². The number of fused-ring (bicyclic) bond motifs is 5. The molecule has 1 fully saturated rings. The maximum atomic E-state index is 14.3. The van der Waals surface area contributed by atoms with Crippen LogP contribution in [-0.4, -0.2) is 41.9 Å². The van der Waals surface area contributed by atoms with Crippen LogP contribution in [0.1, 0.15) is 38.2 Å². The van der Waals surface area contributed by atoms with Crippen LogP contribution in [0.25, 0.3) is 38.3 Å². The number of nitrogens with zero attached hydrogens (tertiary/aromatic N) is 5. The number of aromatic nitrogens is 5. The minimum Gasteiger partial charge on any atom is -0.463 e. The molecule has 3 aromatic heterocycles. The lowest BCUT2D eigenvalue weighted by Gasteiger charge is -2.25. The van der Waals surface area contributed by atoms with Gasteiger partial charge >= 0.3 is 5.97 Å². The summed E-state index contributed by atoms with van der Waals surface area (Å²) >= 11 is 1.61. The molecule has 1 aliphatic heterocycles. The summed E-state index contributed by atoms with van der Waals surface area (Å²) in [5.74, 6) is -0.248. The Hall–Kier alpha value is -3.98. The van der Waals surface area contributed by atoms with Gasteiger partial charge in [0.1, 0.15) is 17.2 Å². The largest absolute Gasteiger partial charge is 0.463 e. The summed E-state index contributed by atoms with van der Waals surface area (Å²) in [6, 6.07) is 17.7. The van der Waals surface area contributed by atoms with E-state index in [0.717, 1.165) is 36.8 Å². The SMILES string of the molecule is CCOC(=O)C1=C(n2cnc3c(c2=O)c2nc4ccccc4nc2n3Cc2ccccc2)SC2CCCCC12. The van der Waals surface area contributed by atoms with Gasteiger partial charge in [-0.15, -0.1) is 11.8 Å². The highest BCUT2D eigenvalue weighted by molar-refractivity contribution is 8.08. The second-order valence-electron chi connectivity index (χ2n) is 10.1. The van der Waals surface area contributed by atoms with Crippen LogP contribution in [0.5, 0.6) is 0 Å². The molecular weight excluding hydrogens is 510 g/mol. The summed E-state index contributed by atoms with van der Waals surface area (Å²) < 4.78 is 8.98. The van der Waals surface area contributed by atoms with Gasteiger partial charge in [-0.1, -0.05) is 55.3 Å². The van der Waals surface area contributed by atoms with Gasteiger partial charge in [0.25, 0.3) is 5.56 Å². The minimum atomic E-state index is -0.335. The first-order valence-corrected chi connectivity index (χ1v) is 14.3. The summed E-state index contributed by atoms with van der Waals surface area (Å²) in [4.78, 5) is 42.1. The van der Waals surface area contributed by atoms with Gasteiger partial charge in [0, 0.05) is 11.2 Å². The fourth-order valence-electron chi connectivity index (χ4n) is 5.93. The van der Waals surface area contributed by atoms with E-state index >= 15 is 0 Å². The lowest BCUT2D eigenvalue weighted by atomic mass is 9.84. The smallest absolute Gasteiger partial charge is 0.337 e. The highest BCUT2D eigenvalue weighted by atomic mass is 32.2. The minimum absolute atomic E-state index is 0.0866. The van der Waals surface area contributed by atoms with E-state index in [9.17, 15) is 9.59 Å². The molecule has 1 aliphatic carbocycles. The molecule has 7 rings (SSSR count). The van der Waals surface area contributed by atoms with E-state index in [1.165, 1.54) is 0 Å². The van der Waals surface area contributed by atoms with Gasteiger partial charge in [-0.05, 0) is 37.5 Å². The molecule has 2 aliphatic rings. The Labute approximate surface area is 228 Å². The molecule has 9 heteroatoms. The van der Waals surface area contributed by atoms with Crippen LogP contribution in [0.2, 0.25) is 0 Å². The van der Waals surface area contributed by atoms with Crippen molar-refractivity contribution in [2.24, 2.45) is 5.92 Å². The Morgan fingerprint density at radius 2 is 1.74 bits per heavy atom. The van der Waals surface area contributed by atoms with Gasteiger partial charge in [0.15, 0.2) is 11.3 Å². The second kappa shape index (κ2) is 9.64. The van der Waals surface area contributed by atoms with Crippen LogP contribution in [0.4, 0.5) is 0 Å². The number of hydrogen-bond donors (Lipinski definition) is 0. The zero-order valence-electron chi connectivity index (χ0n) is 21.5. The van der Waals surface area contributed by atoms with Crippen molar-refractivity contribution in [3.8, 4) is 0 Å². The van der Waals surface area contributed by atoms with Gasteiger partial charge in [0.2, 0.25) is 0 Å². The molecule has 0 saturated heterocycles. The molecule has 0 amide bonds. The molecule has 2 aromatic carbocycles. The quantitative estimate of drug-likeness (QED) is 0.278. The highest BCUT2D eigenvalue weighted by Gasteiger charge is 2.42. The van der Waals surface area contributed by atoms with Crippen molar-refractivity contribution in [3.05, 3.63) is 82.4 Å². The number of hydrogen-bond acceptors (Lipinski definition) is 7. The normalized spacial score (nSPS) is 19.2. The Balaban J connectivity index is 1.49. The van der Waals surface area contributed by atoms with Crippen molar-refractivity contribution in [3.63, 3.8) is 0 Å². The predicted octanol–water partition coefficient (Wildman–Crippen LogP) is 5.38. The molecule has 0 N–H and O–H groups in total. The van der Waals surface area contributed by atoms with Gasteiger partial charge < -0.3 is 9.30 Å². The molecule has 0 radical (unpaired) electrons. The lowest BCUT2D eigenvalue weighted by Crippen LogP contribution is -2.25. The molecule has 2 unspecified atom stereocenters. The maximum absolute atomic E-state index is 14.3. The van der Waals surface area contributed by atoms with E-state index in [2.05, 4.69) is 0 Å². The van der Waals surface area contributed by atoms with Gasteiger partial charge in [-0.2, -0.15) is 0 Å². The number of rotatable bonds is 5. The number of benzene rings is 2. The summed E-state index contributed by atoms with van der Waals surface area (Å²) in [6.45, 7) is 2.60. The van der Waals surface area contributed by atoms with Gasteiger partial charge in [0.05, 0.1) is 34.8 Å². The monoisotopic (exact) mass is 537 g/mol. The van der Waals surface area contributed by atoms with Crippen molar-refractivity contribution < 1.29 is 9.53 Å². The summed E-state index contributed by atoms with van der Waals surface area (Å²) in [6.07, 6.45) is 5.69. The van der Waals surface area contributed by atoms with Crippen molar-refractivity contribution in [2.45, 2.75) is 44.4 Å². The van der Waals surface area contributed by atoms with Crippen molar-refractivity contribution >= 4 is 56.0 Å². The summed E-state index contributed by atoms with van der Waals surface area (Å²) in [5, 5.41) is 1.31. The van der Waals surface area contributed by atoms with Gasteiger partial charge in [-0.25, -0.2) is 19.7 Å². The average molecular weight is 538 g/mol. The third-order valence-corrected chi connectivity index (χ3v) is 9.22. The Kier molecular flexibility index (Phi) is 5.96. The lowest BCUT2D eigenvalue weighted by molar-refractivity contribution is -0.139. The number of para-hydroxylation sites is 2. The molecular formula is C30H27N5O3S. The summed E-state index contributed by atoms with van der Waals surface area (Å²) in [7, 11) is 0. The van der Waals surface area contributed by atoms with Crippen LogP contribution < -0.4 is 5.56 Å². The Bertz CT molecular complexity index is 1840. The first-order chi connectivity index (χ1) is 19.1. The molecule has 196 valence electrons. The zero-order chi connectivity index (χ0) is 26.5. The van der Waals surface area contributed by atoms with Crippen LogP contribution in [0, 0.1) is 5.92 Å². The highest BCUT2D eigenvalue weighted by Crippen LogP contribution is 2.51. The van der Waals surface area contributed by atoms with E-state index in [0.29, 0.717) is 51.5 Å². The second-order valence-corrected chi connectivity index (χ2v) is 11.3. The number of ether oxygens (including phenoxy) is 1. The van der Waals surface area contributed by atoms with Crippen LogP contribution >= 0.6 is 11.8 Å². The molecule has 0 spiro atoms. The molecule has 2 atom stereocenters. The van der Waals surface area contributed by atoms with Crippen LogP contribution in [0.15, 0.2) is 71.3 Å². The van der Waals surface area contributed by atoms with Crippen molar-refractivity contribution in [2.75, 3.05) is 6.61 Å². The molecule has 8 nitrogen and oxygen atoms in total. The fourth-order valence-corrected chi connectivity index (χ4v) is 7.55. The van der Waals surface area contributed by atoms with Crippen LogP contribution in [-0.2, 0) is 16.1 Å². The topological polar surface area (TPSA) is 91.9 Å². The first-order valence-electron chi connectivity index (χ1n) is 13.4. The van der Waals surface area contributed by atoms with E-state index in [1.54, 1.807) is 22.7 Å². The zero-order valence-corrected chi connectivity index (χ0v) is 22.4. The molecule has 0 bridgehead atoms. The average Bonchev–Trinajstić information content (AvgIpc) is 3.49.